The molecule has 0 spiro atoms. The summed E-state index contributed by atoms with van der Waals surface area (Å²) < 4.78 is 13.3. The van der Waals surface area contributed by atoms with Crippen molar-refractivity contribution < 1.29 is 19.7 Å². The number of ether oxygens (including phenoxy) is 2. The number of aliphatic hydroxyl groups excluding tert-OH is 2. The van der Waals surface area contributed by atoms with Gasteiger partial charge in [0.1, 0.15) is 29.3 Å². The molecule has 6 heteroatoms. The van der Waals surface area contributed by atoms with Crippen molar-refractivity contribution in [2.24, 2.45) is 7.05 Å². The van der Waals surface area contributed by atoms with E-state index in [4.69, 9.17) is 9.47 Å². The van der Waals surface area contributed by atoms with Crippen molar-refractivity contribution in [1.82, 2.24) is 4.57 Å². The van der Waals surface area contributed by atoms with Gasteiger partial charge in [-0.2, -0.15) is 0 Å². The van der Waals surface area contributed by atoms with E-state index < -0.39 is 17.8 Å². The number of aryl methyl sites for hydroxylation is 1. The first-order chi connectivity index (χ1) is 12.3. The number of nitrogens with zero attached hydrogens (tertiary/aromatic N) is 1. The summed E-state index contributed by atoms with van der Waals surface area (Å²) in [4.78, 5) is 13.1. The third-order valence-electron chi connectivity index (χ3n) is 5.24. The number of hydrogen-bond acceptors (Lipinski definition) is 5. The van der Waals surface area contributed by atoms with Crippen molar-refractivity contribution >= 4 is 21.8 Å². The van der Waals surface area contributed by atoms with Crippen LogP contribution in [0.4, 0.5) is 0 Å². The average molecular weight is 355 g/mol. The molecule has 1 aromatic heterocycles. The van der Waals surface area contributed by atoms with E-state index in [0.717, 1.165) is 5.52 Å². The second-order valence-corrected chi connectivity index (χ2v) is 7.21. The lowest BCUT2D eigenvalue weighted by Crippen LogP contribution is -2.49. The highest BCUT2D eigenvalue weighted by Gasteiger charge is 2.44. The molecule has 2 N–H and O–H groups in total. The summed E-state index contributed by atoms with van der Waals surface area (Å²) in [6, 6.07) is 8.89. The van der Waals surface area contributed by atoms with Gasteiger partial charge in [-0.05, 0) is 26.0 Å². The normalized spacial score (nSPS) is 21.5. The number of fused-ring (bicyclic) bond motifs is 4. The lowest BCUT2D eigenvalue weighted by Gasteiger charge is -2.40. The van der Waals surface area contributed by atoms with Crippen molar-refractivity contribution in [3.05, 3.63) is 46.1 Å². The van der Waals surface area contributed by atoms with Gasteiger partial charge in [0, 0.05) is 18.5 Å². The highest BCUT2D eigenvalue weighted by Crippen LogP contribution is 2.46. The first kappa shape index (κ1) is 16.9. The zero-order valence-electron chi connectivity index (χ0n) is 15.1. The van der Waals surface area contributed by atoms with E-state index in [0.29, 0.717) is 33.4 Å². The Balaban J connectivity index is 2.25. The summed E-state index contributed by atoms with van der Waals surface area (Å²) in [5, 5.41) is 22.3. The first-order valence-corrected chi connectivity index (χ1v) is 8.45. The van der Waals surface area contributed by atoms with Gasteiger partial charge in [0.05, 0.1) is 29.1 Å². The monoisotopic (exact) mass is 355 g/mol. The van der Waals surface area contributed by atoms with Crippen LogP contribution >= 0.6 is 0 Å². The van der Waals surface area contributed by atoms with Crippen LogP contribution in [-0.2, 0) is 7.05 Å². The van der Waals surface area contributed by atoms with Gasteiger partial charge in [-0.3, -0.25) is 4.79 Å². The zero-order chi connectivity index (χ0) is 18.8. The number of aromatic nitrogens is 1. The minimum atomic E-state index is -1.19. The molecule has 0 fully saturated rings. The van der Waals surface area contributed by atoms with Crippen molar-refractivity contribution in [2.75, 3.05) is 7.11 Å². The lowest BCUT2D eigenvalue weighted by molar-refractivity contribution is -0.111. The van der Waals surface area contributed by atoms with Crippen LogP contribution in [0.25, 0.3) is 21.8 Å². The van der Waals surface area contributed by atoms with Gasteiger partial charge in [0.25, 0.3) is 0 Å². The molecule has 0 saturated heterocycles. The molecule has 1 aliphatic heterocycles. The Bertz CT molecular complexity index is 1100. The second kappa shape index (κ2) is 5.46. The highest BCUT2D eigenvalue weighted by molar-refractivity contribution is 5.99. The van der Waals surface area contributed by atoms with Crippen molar-refractivity contribution in [3.63, 3.8) is 0 Å². The molecule has 136 valence electrons. The summed E-state index contributed by atoms with van der Waals surface area (Å²) in [5.41, 5.74) is 0.482. The third kappa shape index (κ3) is 2.09. The van der Waals surface area contributed by atoms with Crippen LogP contribution in [0.3, 0.4) is 0 Å². The standard InChI is InChI=1S/C20H21NO5/c1-20(2)19(24)18(23)15-13(26-20)9-12(25-4)14-16(15)21(3)11-8-6-5-7-10(11)17(14)22/h5-9,18-19,23-24H,1-4H3/t18-,19-/m0/s1. The molecule has 6 nitrogen and oxygen atoms in total. The Morgan fingerprint density at radius 1 is 1.23 bits per heavy atom. The Hall–Kier alpha value is -2.57. The smallest absolute Gasteiger partial charge is 0.200 e. The fourth-order valence-corrected chi connectivity index (χ4v) is 3.83. The van der Waals surface area contributed by atoms with Gasteiger partial charge in [-0.15, -0.1) is 0 Å². The molecule has 0 aliphatic carbocycles. The molecular weight excluding hydrogens is 334 g/mol. The van der Waals surface area contributed by atoms with Crippen LogP contribution in [0.2, 0.25) is 0 Å². The van der Waals surface area contributed by atoms with E-state index in [1.165, 1.54) is 7.11 Å². The molecule has 3 aromatic rings. The quantitative estimate of drug-likeness (QED) is 0.655. The van der Waals surface area contributed by atoms with E-state index >= 15 is 0 Å². The van der Waals surface area contributed by atoms with Crippen LogP contribution in [-0.4, -0.2) is 33.6 Å². The summed E-state index contributed by atoms with van der Waals surface area (Å²) in [5.74, 6) is 0.784. The van der Waals surface area contributed by atoms with E-state index in [9.17, 15) is 15.0 Å². The third-order valence-corrected chi connectivity index (χ3v) is 5.24. The number of aliphatic hydroxyl groups is 2. The fourth-order valence-electron chi connectivity index (χ4n) is 3.83. The van der Waals surface area contributed by atoms with Crippen molar-refractivity contribution in [3.8, 4) is 11.5 Å². The SMILES string of the molecule is COc1cc2c(c3c1c(=O)c1ccccc1n3C)[C@H](O)[C@H](O)C(C)(C)O2. The molecule has 0 saturated carbocycles. The van der Waals surface area contributed by atoms with Gasteiger partial charge < -0.3 is 24.3 Å². The predicted octanol–water partition coefficient (Wildman–Crippen LogP) is 2.27. The number of hydrogen-bond donors (Lipinski definition) is 2. The molecule has 0 unspecified atom stereocenters. The maximum atomic E-state index is 13.1. The van der Waals surface area contributed by atoms with Crippen LogP contribution in [0.15, 0.2) is 35.1 Å². The molecule has 4 rings (SSSR count). The van der Waals surface area contributed by atoms with Crippen molar-refractivity contribution in [1.29, 1.82) is 0 Å². The van der Waals surface area contributed by atoms with E-state index in [1.807, 2.05) is 29.8 Å². The number of pyridine rings is 1. The Labute approximate surface area is 150 Å². The van der Waals surface area contributed by atoms with Gasteiger partial charge in [-0.25, -0.2) is 0 Å². The molecule has 2 atom stereocenters. The molecule has 2 aromatic carbocycles. The summed E-state index contributed by atoms with van der Waals surface area (Å²) in [6.07, 6.45) is -2.32. The van der Waals surface area contributed by atoms with Gasteiger partial charge in [-0.1, -0.05) is 12.1 Å². The molecule has 1 aliphatic rings. The van der Waals surface area contributed by atoms with Crippen LogP contribution < -0.4 is 14.9 Å². The van der Waals surface area contributed by atoms with Crippen LogP contribution in [0.1, 0.15) is 25.5 Å². The zero-order valence-corrected chi connectivity index (χ0v) is 15.1. The molecule has 2 heterocycles. The minimum absolute atomic E-state index is 0.181. The second-order valence-electron chi connectivity index (χ2n) is 7.21. The first-order valence-electron chi connectivity index (χ1n) is 8.45. The van der Waals surface area contributed by atoms with Crippen LogP contribution in [0, 0.1) is 0 Å². The summed E-state index contributed by atoms with van der Waals surface area (Å²) in [6.45, 7) is 3.42. The lowest BCUT2D eigenvalue weighted by atomic mass is 9.87. The summed E-state index contributed by atoms with van der Waals surface area (Å²) >= 11 is 0. The molecule has 0 bridgehead atoms. The summed E-state index contributed by atoms with van der Waals surface area (Å²) in [7, 11) is 3.32. The van der Waals surface area contributed by atoms with E-state index in [1.54, 1.807) is 26.0 Å². The van der Waals surface area contributed by atoms with Crippen LogP contribution in [0.5, 0.6) is 11.5 Å². The Kier molecular flexibility index (Phi) is 3.54. The van der Waals surface area contributed by atoms with Gasteiger partial charge in [0.15, 0.2) is 0 Å². The Morgan fingerprint density at radius 2 is 1.92 bits per heavy atom. The van der Waals surface area contributed by atoms with E-state index in [2.05, 4.69) is 0 Å². The molecule has 0 radical (unpaired) electrons. The molecule has 26 heavy (non-hydrogen) atoms. The maximum absolute atomic E-state index is 13.1. The topological polar surface area (TPSA) is 80.9 Å². The molecular formula is C20H21NO5. The predicted molar refractivity (Wildman–Crippen MR) is 98.9 cm³/mol. The van der Waals surface area contributed by atoms with E-state index in [-0.39, 0.29) is 5.43 Å². The highest BCUT2D eigenvalue weighted by atomic mass is 16.5. The maximum Gasteiger partial charge on any atom is 0.200 e. The number of methoxy groups -OCH3 is 1. The van der Waals surface area contributed by atoms with Crippen molar-refractivity contribution in [2.45, 2.75) is 31.7 Å². The Morgan fingerprint density at radius 3 is 2.62 bits per heavy atom. The van der Waals surface area contributed by atoms with Gasteiger partial charge in [0.2, 0.25) is 5.43 Å². The minimum Gasteiger partial charge on any atom is -0.496 e. The number of para-hydroxylation sites is 1. The largest absolute Gasteiger partial charge is 0.496 e. The fraction of sp³-hybridized carbons (Fsp3) is 0.350. The average Bonchev–Trinajstić information content (AvgIpc) is 2.62. The van der Waals surface area contributed by atoms with Gasteiger partial charge >= 0.3 is 0 Å². The molecule has 0 amide bonds. The number of benzene rings is 2. The number of rotatable bonds is 1.